The highest BCUT2D eigenvalue weighted by Gasteiger charge is 2.28. The molecule has 3 heteroatoms. The molecule has 0 aliphatic carbocycles. The van der Waals surface area contributed by atoms with Gasteiger partial charge in [-0.05, 0) is 69.5 Å². The van der Waals surface area contributed by atoms with Crippen LogP contribution in [0.15, 0.2) is 48.5 Å². The molecule has 0 atom stereocenters. The lowest BCUT2D eigenvalue weighted by Crippen LogP contribution is -2.07. The Labute approximate surface area is 159 Å². The van der Waals surface area contributed by atoms with E-state index < -0.39 is 0 Å². The Morgan fingerprint density at radius 2 is 1.11 bits per heavy atom. The molecule has 3 aromatic carbocycles. The Hall–Kier alpha value is -2.46. The maximum absolute atomic E-state index is 10.3. The number of aliphatic hydroxyl groups excluding tert-OH is 2. The van der Waals surface area contributed by atoms with Crippen molar-refractivity contribution < 1.29 is 14.9 Å². The summed E-state index contributed by atoms with van der Waals surface area (Å²) in [5.41, 5.74) is 10.4. The molecule has 1 aliphatic heterocycles. The van der Waals surface area contributed by atoms with Crippen molar-refractivity contribution in [1.29, 1.82) is 0 Å². The van der Waals surface area contributed by atoms with Gasteiger partial charge in [-0.2, -0.15) is 0 Å². The van der Waals surface area contributed by atoms with Crippen molar-refractivity contribution >= 4 is 0 Å². The predicted octanol–water partition coefficient (Wildman–Crippen LogP) is 4.65. The van der Waals surface area contributed by atoms with Gasteiger partial charge in [0.05, 0.1) is 26.4 Å². The number of aryl methyl sites for hydroxylation is 2. The summed E-state index contributed by atoms with van der Waals surface area (Å²) < 4.78 is 5.85. The molecule has 0 bridgehead atoms. The minimum absolute atomic E-state index is 0.119. The highest BCUT2D eigenvalue weighted by Crippen LogP contribution is 2.45. The molecule has 0 aromatic heterocycles. The Balaban J connectivity index is 2.12. The van der Waals surface area contributed by atoms with Crippen molar-refractivity contribution in [2.24, 2.45) is 0 Å². The van der Waals surface area contributed by atoms with Gasteiger partial charge in [0, 0.05) is 0 Å². The Bertz CT molecular complexity index is 924. The van der Waals surface area contributed by atoms with E-state index in [0.717, 1.165) is 55.6 Å². The zero-order valence-electron chi connectivity index (χ0n) is 15.7. The SMILES string of the molecule is Cc1ccccc1-c1c(CO)c(CO)c(-c2ccccc2C)c2c1COC2. The molecule has 0 saturated heterocycles. The zero-order valence-corrected chi connectivity index (χ0v) is 15.7. The molecule has 0 amide bonds. The van der Waals surface area contributed by atoms with Gasteiger partial charge in [0.2, 0.25) is 0 Å². The topological polar surface area (TPSA) is 49.7 Å². The first-order valence-electron chi connectivity index (χ1n) is 9.28. The third-order valence-corrected chi connectivity index (χ3v) is 5.57. The van der Waals surface area contributed by atoms with Crippen molar-refractivity contribution in [2.45, 2.75) is 40.3 Å². The van der Waals surface area contributed by atoms with Crippen LogP contribution in [0, 0.1) is 13.8 Å². The molecular weight excluding hydrogens is 336 g/mol. The number of aliphatic hydroxyl groups is 2. The summed E-state index contributed by atoms with van der Waals surface area (Å²) in [7, 11) is 0. The van der Waals surface area contributed by atoms with Crippen LogP contribution in [0.4, 0.5) is 0 Å². The third-order valence-electron chi connectivity index (χ3n) is 5.57. The second kappa shape index (κ2) is 7.28. The van der Waals surface area contributed by atoms with Crippen LogP contribution in [0.1, 0.15) is 33.4 Å². The second-order valence-electron chi connectivity index (χ2n) is 7.10. The molecule has 4 rings (SSSR count). The Morgan fingerprint density at radius 1 is 0.704 bits per heavy atom. The van der Waals surface area contributed by atoms with E-state index in [1.807, 2.05) is 24.3 Å². The molecule has 27 heavy (non-hydrogen) atoms. The van der Waals surface area contributed by atoms with Gasteiger partial charge < -0.3 is 14.9 Å². The van der Waals surface area contributed by atoms with Gasteiger partial charge in [-0.25, -0.2) is 0 Å². The zero-order chi connectivity index (χ0) is 19.0. The fourth-order valence-electron chi connectivity index (χ4n) is 4.25. The van der Waals surface area contributed by atoms with Crippen LogP contribution in [0.5, 0.6) is 0 Å². The predicted molar refractivity (Wildman–Crippen MR) is 107 cm³/mol. The van der Waals surface area contributed by atoms with Gasteiger partial charge >= 0.3 is 0 Å². The number of hydrogen-bond donors (Lipinski definition) is 2. The third kappa shape index (κ3) is 2.88. The van der Waals surface area contributed by atoms with Gasteiger partial charge in [0.1, 0.15) is 0 Å². The van der Waals surface area contributed by atoms with E-state index >= 15 is 0 Å². The number of ether oxygens (including phenoxy) is 1. The Morgan fingerprint density at radius 3 is 1.48 bits per heavy atom. The molecule has 138 valence electrons. The molecular formula is C24H24O3. The molecule has 0 spiro atoms. The summed E-state index contributed by atoms with van der Waals surface area (Å²) >= 11 is 0. The normalized spacial score (nSPS) is 13.0. The molecule has 1 heterocycles. The Kier molecular flexibility index (Phi) is 4.83. The summed E-state index contributed by atoms with van der Waals surface area (Å²) in [6.07, 6.45) is 0. The number of rotatable bonds is 4. The van der Waals surface area contributed by atoms with E-state index in [-0.39, 0.29) is 13.2 Å². The molecule has 3 aromatic rings. The van der Waals surface area contributed by atoms with E-state index in [4.69, 9.17) is 4.74 Å². The van der Waals surface area contributed by atoms with Crippen LogP contribution >= 0.6 is 0 Å². The lowest BCUT2D eigenvalue weighted by atomic mass is 9.81. The first-order chi connectivity index (χ1) is 13.2. The lowest BCUT2D eigenvalue weighted by Gasteiger charge is -2.23. The fourth-order valence-corrected chi connectivity index (χ4v) is 4.25. The van der Waals surface area contributed by atoms with Gasteiger partial charge in [0.25, 0.3) is 0 Å². The standard InChI is InChI=1S/C24H24O3/c1-15-7-3-5-9-17(15)23-19(11-25)20(12-26)24(22-14-27-13-21(22)23)18-10-6-4-8-16(18)2/h3-10,25-26H,11-14H2,1-2H3. The highest BCUT2D eigenvalue weighted by atomic mass is 16.5. The summed E-state index contributed by atoms with van der Waals surface area (Å²) in [5.74, 6) is 0. The number of hydrogen-bond acceptors (Lipinski definition) is 3. The van der Waals surface area contributed by atoms with Crippen LogP contribution in [-0.2, 0) is 31.2 Å². The van der Waals surface area contributed by atoms with E-state index in [1.54, 1.807) is 0 Å². The highest BCUT2D eigenvalue weighted by molar-refractivity contribution is 5.85. The largest absolute Gasteiger partial charge is 0.392 e. The van der Waals surface area contributed by atoms with Crippen LogP contribution in [-0.4, -0.2) is 10.2 Å². The van der Waals surface area contributed by atoms with Crippen molar-refractivity contribution in [3.05, 3.63) is 81.9 Å². The van der Waals surface area contributed by atoms with Crippen LogP contribution in [0.2, 0.25) is 0 Å². The number of benzene rings is 3. The first-order valence-corrected chi connectivity index (χ1v) is 9.28. The average molecular weight is 360 g/mol. The maximum atomic E-state index is 10.3. The van der Waals surface area contributed by atoms with E-state index in [0.29, 0.717) is 13.2 Å². The molecule has 0 radical (unpaired) electrons. The van der Waals surface area contributed by atoms with Gasteiger partial charge in [-0.3, -0.25) is 0 Å². The lowest BCUT2D eigenvalue weighted by molar-refractivity contribution is 0.135. The minimum atomic E-state index is -0.119. The fraction of sp³-hybridized carbons (Fsp3) is 0.250. The molecule has 1 aliphatic rings. The summed E-state index contributed by atoms with van der Waals surface area (Å²) in [6.45, 7) is 4.96. The van der Waals surface area contributed by atoms with Crippen LogP contribution in [0.3, 0.4) is 0 Å². The van der Waals surface area contributed by atoms with Crippen molar-refractivity contribution in [3.63, 3.8) is 0 Å². The number of fused-ring (bicyclic) bond motifs is 1. The van der Waals surface area contributed by atoms with Crippen molar-refractivity contribution in [3.8, 4) is 22.3 Å². The summed E-state index contributed by atoms with van der Waals surface area (Å²) in [6, 6.07) is 16.4. The molecule has 2 N–H and O–H groups in total. The molecule has 0 unspecified atom stereocenters. The molecule has 3 nitrogen and oxygen atoms in total. The van der Waals surface area contributed by atoms with Crippen LogP contribution < -0.4 is 0 Å². The molecule has 0 fully saturated rings. The van der Waals surface area contributed by atoms with E-state index in [2.05, 4.69) is 38.1 Å². The monoisotopic (exact) mass is 360 g/mol. The van der Waals surface area contributed by atoms with Crippen LogP contribution in [0.25, 0.3) is 22.3 Å². The summed E-state index contributed by atoms with van der Waals surface area (Å²) in [5, 5.41) is 20.6. The maximum Gasteiger partial charge on any atom is 0.0731 e. The van der Waals surface area contributed by atoms with Gasteiger partial charge in [0.15, 0.2) is 0 Å². The van der Waals surface area contributed by atoms with Crippen molar-refractivity contribution in [1.82, 2.24) is 0 Å². The van der Waals surface area contributed by atoms with E-state index in [1.165, 1.54) is 0 Å². The van der Waals surface area contributed by atoms with Gasteiger partial charge in [-0.1, -0.05) is 48.5 Å². The minimum Gasteiger partial charge on any atom is -0.392 e. The van der Waals surface area contributed by atoms with Crippen molar-refractivity contribution in [2.75, 3.05) is 0 Å². The summed E-state index contributed by atoms with van der Waals surface area (Å²) in [4.78, 5) is 0. The quantitative estimate of drug-likeness (QED) is 0.712. The van der Waals surface area contributed by atoms with E-state index in [9.17, 15) is 10.2 Å². The first kappa shape index (κ1) is 17.9. The van der Waals surface area contributed by atoms with Gasteiger partial charge in [-0.15, -0.1) is 0 Å². The molecule has 0 saturated carbocycles. The smallest absolute Gasteiger partial charge is 0.0731 e. The second-order valence-corrected chi connectivity index (χ2v) is 7.10. The average Bonchev–Trinajstić information content (AvgIpc) is 3.16.